The predicted octanol–water partition coefficient (Wildman–Crippen LogP) is 5.05. The lowest BCUT2D eigenvalue weighted by atomic mass is 10.2. The molecule has 0 spiro atoms. The minimum absolute atomic E-state index is 0.146. The van der Waals surface area contributed by atoms with Crippen LogP contribution in [-0.2, 0) is 11.3 Å². The minimum atomic E-state index is -0.219. The van der Waals surface area contributed by atoms with Crippen LogP contribution in [0.4, 0.5) is 5.69 Å². The fraction of sp³-hybridized carbons (Fsp3) is 0.190. The van der Waals surface area contributed by atoms with Gasteiger partial charge in [0.05, 0.1) is 5.75 Å². The van der Waals surface area contributed by atoms with Crippen molar-refractivity contribution in [3.05, 3.63) is 63.4 Å². The van der Waals surface area contributed by atoms with E-state index in [0.29, 0.717) is 28.5 Å². The summed E-state index contributed by atoms with van der Waals surface area (Å²) >= 11 is 4.62. The number of para-hydroxylation sites is 1. The number of hydrogen-bond acceptors (Lipinski definition) is 5. The number of anilines is 1. The number of rotatable bonds is 6. The zero-order valence-corrected chi connectivity index (χ0v) is 18.0. The molecular formula is C21H18BrN3O3S. The van der Waals surface area contributed by atoms with Gasteiger partial charge in [-0.25, -0.2) is 4.98 Å². The summed E-state index contributed by atoms with van der Waals surface area (Å²) < 4.78 is 8.28. The average Bonchev–Trinajstić information content (AvgIpc) is 3.09. The van der Waals surface area contributed by atoms with Crippen LogP contribution < -0.4 is 10.9 Å². The molecule has 0 aliphatic heterocycles. The van der Waals surface area contributed by atoms with E-state index in [-0.39, 0.29) is 22.8 Å². The fourth-order valence-corrected chi connectivity index (χ4v) is 4.13. The highest BCUT2D eigenvalue weighted by molar-refractivity contribution is 9.10. The number of fused-ring (bicyclic) bond motifs is 3. The SMILES string of the molecule is CCCn1c(SCC(=O)Nc2ccc(Br)cc2)nc2c(oc3ccccc32)c1=O. The first kappa shape index (κ1) is 19.7. The number of nitrogens with zero attached hydrogens (tertiary/aromatic N) is 2. The zero-order valence-electron chi connectivity index (χ0n) is 15.6. The van der Waals surface area contributed by atoms with Gasteiger partial charge in [0.1, 0.15) is 11.1 Å². The van der Waals surface area contributed by atoms with Gasteiger partial charge in [0.15, 0.2) is 5.16 Å². The van der Waals surface area contributed by atoms with E-state index in [4.69, 9.17) is 4.42 Å². The van der Waals surface area contributed by atoms with E-state index < -0.39 is 0 Å². The Kier molecular flexibility index (Phi) is 5.73. The highest BCUT2D eigenvalue weighted by Gasteiger charge is 2.18. The second-order valence-corrected chi connectivity index (χ2v) is 8.33. The van der Waals surface area contributed by atoms with Crippen molar-refractivity contribution in [1.29, 1.82) is 0 Å². The molecular weight excluding hydrogens is 454 g/mol. The van der Waals surface area contributed by atoms with Crippen LogP contribution in [-0.4, -0.2) is 21.2 Å². The molecule has 2 aromatic carbocycles. The third-order valence-electron chi connectivity index (χ3n) is 4.35. The summed E-state index contributed by atoms with van der Waals surface area (Å²) in [4.78, 5) is 30.0. The van der Waals surface area contributed by atoms with Crippen LogP contribution in [0, 0.1) is 0 Å². The van der Waals surface area contributed by atoms with Gasteiger partial charge in [-0.3, -0.25) is 14.2 Å². The van der Waals surface area contributed by atoms with Gasteiger partial charge in [-0.2, -0.15) is 0 Å². The summed E-state index contributed by atoms with van der Waals surface area (Å²) in [5.41, 5.74) is 1.92. The normalized spacial score (nSPS) is 11.2. The smallest absolute Gasteiger partial charge is 0.297 e. The monoisotopic (exact) mass is 471 g/mol. The van der Waals surface area contributed by atoms with Crippen LogP contribution in [0.25, 0.3) is 22.1 Å². The first-order valence-corrected chi connectivity index (χ1v) is 10.9. The maximum Gasteiger partial charge on any atom is 0.297 e. The molecule has 0 radical (unpaired) electrons. The van der Waals surface area contributed by atoms with E-state index in [1.54, 1.807) is 4.57 Å². The maximum atomic E-state index is 13.0. The molecule has 2 aromatic heterocycles. The number of furan rings is 1. The molecule has 2 heterocycles. The van der Waals surface area contributed by atoms with Crippen molar-refractivity contribution in [3.8, 4) is 0 Å². The number of hydrogen-bond donors (Lipinski definition) is 1. The zero-order chi connectivity index (χ0) is 20.4. The largest absolute Gasteiger partial charge is 0.448 e. The number of thioether (sulfide) groups is 1. The lowest BCUT2D eigenvalue weighted by molar-refractivity contribution is -0.113. The number of amides is 1. The molecule has 0 atom stereocenters. The van der Waals surface area contributed by atoms with Crippen molar-refractivity contribution >= 4 is 61.4 Å². The van der Waals surface area contributed by atoms with Gasteiger partial charge < -0.3 is 9.73 Å². The molecule has 148 valence electrons. The quantitative estimate of drug-likeness (QED) is 0.314. The average molecular weight is 472 g/mol. The van der Waals surface area contributed by atoms with E-state index >= 15 is 0 Å². The highest BCUT2D eigenvalue weighted by atomic mass is 79.9. The van der Waals surface area contributed by atoms with Crippen molar-refractivity contribution in [2.75, 3.05) is 11.1 Å². The number of aromatic nitrogens is 2. The predicted molar refractivity (Wildman–Crippen MR) is 120 cm³/mol. The Morgan fingerprint density at radius 3 is 2.72 bits per heavy atom. The van der Waals surface area contributed by atoms with Crippen molar-refractivity contribution in [3.63, 3.8) is 0 Å². The standard InChI is InChI=1S/C21H18BrN3O3S/c1-2-11-25-20(27)19-18(15-5-3-4-6-16(15)28-19)24-21(25)29-12-17(26)23-14-9-7-13(22)8-10-14/h3-10H,2,11-12H2,1H3,(H,23,26). The van der Waals surface area contributed by atoms with Crippen LogP contribution in [0.1, 0.15) is 13.3 Å². The van der Waals surface area contributed by atoms with Crippen LogP contribution in [0.3, 0.4) is 0 Å². The Morgan fingerprint density at radius 2 is 1.97 bits per heavy atom. The molecule has 0 saturated heterocycles. The molecule has 29 heavy (non-hydrogen) atoms. The topological polar surface area (TPSA) is 77.1 Å². The van der Waals surface area contributed by atoms with E-state index in [1.165, 1.54) is 11.8 Å². The third kappa shape index (κ3) is 4.09. The van der Waals surface area contributed by atoms with Crippen LogP contribution in [0.5, 0.6) is 0 Å². The molecule has 0 bridgehead atoms. The number of nitrogens with one attached hydrogen (secondary N) is 1. The van der Waals surface area contributed by atoms with Crippen molar-refractivity contribution in [1.82, 2.24) is 9.55 Å². The molecule has 8 heteroatoms. The summed E-state index contributed by atoms with van der Waals surface area (Å²) in [6, 6.07) is 14.8. The summed E-state index contributed by atoms with van der Waals surface area (Å²) in [6.45, 7) is 2.50. The van der Waals surface area contributed by atoms with Crippen LogP contribution in [0.15, 0.2) is 67.4 Å². The third-order valence-corrected chi connectivity index (χ3v) is 5.86. The first-order valence-electron chi connectivity index (χ1n) is 9.17. The number of carbonyl (C=O) groups is 1. The van der Waals surface area contributed by atoms with E-state index in [9.17, 15) is 9.59 Å². The van der Waals surface area contributed by atoms with Gasteiger partial charge in [-0.05, 0) is 42.8 Å². The highest BCUT2D eigenvalue weighted by Crippen LogP contribution is 2.27. The van der Waals surface area contributed by atoms with Crippen LogP contribution >= 0.6 is 27.7 Å². The number of halogens is 1. The maximum absolute atomic E-state index is 13.0. The van der Waals surface area contributed by atoms with Crippen molar-refractivity contribution < 1.29 is 9.21 Å². The molecule has 4 rings (SSSR count). The lowest BCUT2D eigenvalue weighted by Crippen LogP contribution is -2.23. The Balaban J connectivity index is 1.63. The first-order chi connectivity index (χ1) is 14.1. The van der Waals surface area contributed by atoms with E-state index in [0.717, 1.165) is 16.3 Å². The molecule has 1 N–H and O–H groups in total. The van der Waals surface area contributed by atoms with Gasteiger partial charge in [0.2, 0.25) is 11.5 Å². The van der Waals surface area contributed by atoms with Gasteiger partial charge in [-0.1, -0.05) is 46.7 Å². The fourth-order valence-electron chi connectivity index (χ4n) is 3.04. The molecule has 0 saturated carbocycles. The Bertz CT molecular complexity index is 1250. The van der Waals surface area contributed by atoms with E-state index in [2.05, 4.69) is 26.2 Å². The van der Waals surface area contributed by atoms with E-state index in [1.807, 2.05) is 55.5 Å². The van der Waals surface area contributed by atoms with Crippen LogP contribution in [0.2, 0.25) is 0 Å². The second kappa shape index (κ2) is 8.42. The molecule has 6 nitrogen and oxygen atoms in total. The van der Waals surface area contributed by atoms with Gasteiger partial charge in [0, 0.05) is 22.1 Å². The van der Waals surface area contributed by atoms with Gasteiger partial charge >= 0.3 is 0 Å². The number of carbonyl (C=O) groups excluding carboxylic acids is 1. The van der Waals surface area contributed by atoms with Crippen molar-refractivity contribution in [2.24, 2.45) is 0 Å². The Morgan fingerprint density at radius 1 is 1.21 bits per heavy atom. The lowest BCUT2D eigenvalue weighted by Gasteiger charge is -2.10. The molecule has 0 fully saturated rings. The minimum Gasteiger partial charge on any atom is -0.448 e. The summed E-state index contributed by atoms with van der Waals surface area (Å²) in [6.07, 6.45) is 0.770. The molecule has 0 aliphatic rings. The van der Waals surface area contributed by atoms with Gasteiger partial charge in [0.25, 0.3) is 5.56 Å². The molecule has 4 aromatic rings. The summed E-state index contributed by atoms with van der Waals surface area (Å²) in [5, 5.41) is 4.16. The molecule has 0 unspecified atom stereocenters. The summed E-state index contributed by atoms with van der Waals surface area (Å²) in [5.74, 6) is -0.0141. The molecule has 1 amide bonds. The number of benzene rings is 2. The second-order valence-electron chi connectivity index (χ2n) is 6.47. The summed E-state index contributed by atoms with van der Waals surface area (Å²) in [7, 11) is 0. The Hall–Kier alpha value is -2.58. The molecule has 0 aliphatic carbocycles. The van der Waals surface area contributed by atoms with Gasteiger partial charge in [-0.15, -0.1) is 0 Å². The Labute approximate surface area is 179 Å². The van der Waals surface area contributed by atoms with Crippen molar-refractivity contribution in [2.45, 2.75) is 25.0 Å².